The highest BCUT2D eigenvalue weighted by atomic mass is 32.2. The van der Waals surface area contributed by atoms with Gasteiger partial charge in [-0.15, -0.1) is 0 Å². The summed E-state index contributed by atoms with van der Waals surface area (Å²) in [5.74, 6) is -1.56. The van der Waals surface area contributed by atoms with Gasteiger partial charge < -0.3 is 5.11 Å². The Bertz CT molecular complexity index is 626. The van der Waals surface area contributed by atoms with E-state index in [0.717, 1.165) is 12.0 Å². The first kappa shape index (κ1) is 16.0. The van der Waals surface area contributed by atoms with Gasteiger partial charge in [0.1, 0.15) is 0 Å². The summed E-state index contributed by atoms with van der Waals surface area (Å²) in [7, 11) is -3.64. The van der Waals surface area contributed by atoms with Crippen LogP contribution >= 0.6 is 0 Å². The van der Waals surface area contributed by atoms with Gasteiger partial charge in [-0.2, -0.15) is 4.31 Å². The maximum Gasteiger partial charge on any atom is 0.308 e. The van der Waals surface area contributed by atoms with Gasteiger partial charge in [0.25, 0.3) is 0 Å². The van der Waals surface area contributed by atoms with Crippen molar-refractivity contribution in [1.29, 1.82) is 0 Å². The number of carbonyl (C=O) groups is 1. The maximum atomic E-state index is 12.8. The van der Waals surface area contributed by atoms with Crippen LogP contribution in [-0.4, -0.2) is 36.4 Å². The standard InChI is InChI=1S/C15H21NO4S/c1-3-12-6-4-7-13(10-12)21(19,20)16-9-5-8-14(11(16)2)15(17)18/h4,6-7,10-11,14H,3,5,8-9H2,1-2H3,(H,17,18)/t11-,14-/m0/s1. The molecule has 0 bridgehead atoms. The van der Waals surface area contributed by atoms with E-state index in [0.29, 0.717) is 19.4 Å². The molecule has 1 aliphatic rings. The molecule has 0 unspecified atom stereocenters. The van der Waals surface area contributed by atoms with Crippen LogP contribution in [0.1, 0.15) is 32.3 Å². The van der Waals surface area contributed by atoms with Crippen LogP contribution in [0.15, 0.2) is 29.2 Å². The second-order valence-corrected chi connectivity index (χ2v) is 7.33. The molecule has 0 amide bonds. The number of carboxylic acid groups (broad SMARTS) is 1. The van der Waals surface area contributed by atoms with Crippen LogP contribution in [0, 0.1) is 5.92 Å². The van der Waals surface area contributed by atoms with E-state index in [4.69, 9.17) is 0 Å². The number of nitrogens with zero attached hydrogens (tertiary/aromatic N) is 1. The molecular weight excluding hydrogens is 290 g/mol. The lowest BCUT2D eigenvalue weighted by atomic mass is 9.92. The Morgan fingerprint density at radius 3 is 2.76 bits per heavy atom. The van der Waals surface area contributed by atoms with E-state index in [9.17, 15) is 18.3 Å². The fourth-order valence-corrected chi connectivity index (χ4v) is 4.62. The SMILES string of the molecule is CCc1cccc(S(=O)(=O)N2CCC[C@H](C(=O)O)[C@@H]2C)c1. The van der Waals surface area contributed by atoms with Crippen LogP contribution in [0.4, 0.5) is 0 Å². The summed E-state index contributed by atoms with van der Waals surface area (Å²) < 4.78 is 26.9. The lowest BCUT2D eigenvalue weighted by Gasteiger charge is -2.36. The topological polar surface area (TPSA) is 74.7 Å². The molecular formula is C15H21NO4S. The molecule has 1 N–H and O–H groups in total. The van der Waals surface area contributed by atoms with Crippen LogP contribution in [0.3, 0.4) is 0 Å². The van der Waals surface area contributed by atoms with Crippen LogP contribution < -0.4 is 0 Å². The quantitative estimate of drug-likeness (QED) is 0.924. The van der Waals surface area contributed by atoms with Crippen molar-refractivity contribution in [3.8, 4) is 0 Å². The van der Waals surface area contributed by atoms with Crippen LogP contribution in [0.5, 0.6) is 0 Å². The highest BCUT2D eigenvalue weighted by Crippen LogP contribution is 2.29. The maximum absolute atomic E-state index is 12.8. The van der Waals surface area contributed by atoms with E-state index in [1.807, 2.05) is 13.0 Å². The molecule has 0 saturated carbocycles. The van der Waals surface area contributed by atoms with Crippen molar-refractivity contribution < 1.29 is 18.3 Å². The van der Waals surface area contributed by atoms with Crippen LogP contribution in [0.2, 0.25) is 0 Å². The zero-order chi connectivity index (χ0) is 15.6. The molecule has 21 heavy (non-hydrogen) atoms. The minimum atomic E-state index is -3.64. The Kier molecular flexibility index (Phi) is 4.68. The number of hydrogen-bond donors (Lipinski definition) is 1. The van der Waals surface area contributed by atoms with E-state index in [-0.39, 0.29) is 4.90 Å². The molecule has 5 nitrogen and oxygen atoms in total. The van der Waals surface area contributed by atoms with Gasteiger partial charge in [-0.25, -0.2) is 8.42 Å². The minimum Gasteiger partial charge on any atom is -0.481 e. The Morgan fingerprint density at radius 2 is 2.14 bits per heavy atom. The monoisotopic (exact) mass is 311 g/mol. The average Bonchev–Trinajstić information content (AvgIpc) is 2.47. The predicted molar refractivity (Wildman–Crippen MR) is 79.5 cm³/mol. The lowest BCUT2D eigenvalue weighted by molar-refractivity contribution is -0.144. The summed E-state index contributed by atoms with van der Waals surface area (Å²) >= 11 is 0. The van der Waals surface area contributed by atoms with Crippen LogP contribution in [-0.2, 0) is 21.2 Å². The number of aliphatic carboxylic acids is 1. The predicted octanol–water partition coefficient (Wildman–Crippen LogP) is 2.12. The summed E-state index contributed by atoms with van der Waals surface area (Å²) in [5, 5.41) is 9.22. The third-order valence-corrected chi connectivity index (χ3v) is 6.14. The third-order valence-electron chi connectivity index (χ3n) is 4.16. The third kappa shape index (κ3) is 3.11. The van der Waals surface area contributed by atoms with Gasteiger partial charge in [0.05, 0.1) is 10.8 Å². The zero-order valence-electron chi connectivity index (χ0n) is 12.3. The molecule has 1 saturated heterocycles. The Morgan fingerprint density at radius 1 is 1.43 bits per heavy atom. The van der Waals surface area contributed by atoms with Gasteiger partial charge in [-0.05, 0) is 43.9 Å². The number of benzene rings is 1. The minimum absolute atomic E-state index is 0.250. The molecule has 116 valence electrons. The highest BCUT2D eigenvalue weighted by Gasteiger charge is 2.39. The Balaban J connectivity index is 2.36. The van der Waals surface area contributed by atoms with E-state index in [1.54, 1.807) is 25.1 Å². The van der Waals surface area contributed by atoms with Crippen molar-refractivity contribution >= 4 is 16.0 Å². The van der Waals surface area contributed by atoms with E-state index in [2.05, 4.69) is 0 Å². The van der Waals surface area contributed by atoms with Crippen molar-refractivity contribution in [2.75, 3.05) is 6.54 Å². The smallest absolute Gasteiger partial charge is 0.308 e. The lowest BCUT2D eigenvalue weighted by Crippen LogP contribution is -2.48. The summed E-state index contributed by atoms with van der Waals surface area (Å²) in [5.41, 5.74) is 0.954. The summed E-state index contributed by atoms with van der Waals surface area (Å²) in [6.07, 6.45) is 1.86. The Labute approximate surface area is 125 Å². The number of aryl methyl sites for hydroxylation is 1. The summed E-state index contributed by atoms with van der Waals surface area (Å²) in [6.45, 7) is 4.03. The van der Waals surface area contributed by atoms with Gasteiger partial charge in [0.2, 0.25) is 10.0 Å². The van der Waals surface area contributed by atoms with Crippen molar-refractivity contribution in [3.63, 3.8) is 0 Å². The van der Waals surface area contributed by atoms with E-state index in [1.165, 1.54) is 4.31 Å². The molecule has 2 atom stereocenters. The number of carboxylic acids is 1. The van der Waals surface area contributed by atoms with Gasteiger partial charge in [-0.1, -0.05) is 19.1 Å². The van der Waals surface area contributed by atoms with Gasteiger partial charge in [0, 0.05) is 12.6 Å². The molecule has 0 aromatic heterocycles. The average molecular weight is 311 g/mol. The highest BCUT2D eigenvalue weighted by molar-refractivity contribution is 7.89. The first-order valence-corrected chi connectivity index (χ1v) is 8.65. The number of sulfonamides is 1. The Hall–Kier alpha value is -1.40. The number of hydrogen-bond acceptors (Lipinski definition) is 3. The number of rotatable bonds is 4. The normalized spacial score (nSPS) is 23.9. The fraction of sp³-hybridized carbons (Fsp3) is 0.533. The van der Waals surface area contributed by atoms with Gasteiger partial charge in [0.15, 0.2) is 0 Å². The van der Waals surface area contributed by atoms with Crippen molar-refractivity contribution in [2.45, 2.75) is 44.0 Å². The molecule has 1 aromatic carbocycles. The largest absolute Gasteiger partial charge is 0.481 e. The zero-order valence-corrected chi connectivity index (χ0v) is 13.1. The molecule has 0 spiro atoms. The molecule has 1 aliphatic heterocycles. The van der Waals surface area contributed by atoms with E-state index >= 15 is 0 Å². The molecule has 1 heterocycles. The first-order valence-electron chi connectivity index (χ1n) is 7.21. The van der Waals surface area contributed by atoms with E-state index < -0.39 is 28.0 Å². The second kappa shape index (κ2) is 6.15. The molecule has 0 aliphatic carbocycles. The van der Waals surface area contributed by atoms with Crippen molar-refractivity contribution in [1.82, 2.24) is 4.31 Å². The first-order chi connectivity index (χ1) is 9.87. The van der Waals surface area contributed by atoms with Crippen molar-refractivity contribution in [2.24, 2.45) is 5.92 Å². The molecule has 1 fully saturated rings. The molecule has 2 rings (SSSR count). The van der Waals surface area contributed by atoms with Crippen LogP contribution in [0.25, 0.3) is 0 Å². The molecule has 0 radical (unpaired) electrons. The fourth-order valence-electron chi connectivity index (χ4n) is 2.84. The molecule has 6 heteroatoms. The van der Waals surface area contributed by atoms with Gasteiger partial charge >= 0.3 is 5.97 Å². The summed E-state index contributed by atoms with van der Waals surface area (Å²) in [6, 6.07) is 6.35. The second-order valence-electron chi connectivity index (χ2n) is 5.44. The molecule has 1 aromatic rings. The van der Waals surface area contributed by atoms with Crippen molar-refractivity contribution in [3.05, 3.63) is 29.8 Å². The van der Waals surface area contributed by atoms with Gasteiger partial charge in [-0.3, -0.25) is 4.79 Å². The summed E-state index contributed by atoms with van der Waals surface area (Å²) in [4.78, 5) is 11.5. The number of piperidine rings is 1.